The highest BCUT2D eigenvalue weighted by atomic mass is 35.5. The number of anilines is 1. The molecular weight excluding hydrogens is 368 g/mol. The van der Waals surface area contributed by atoms with Gasteiger partial charge in [0.2, 0.25) is 5.91 Å². The van der Waals surface area contributed by atoms with Gasteiger partial charge in [-0.05, 0) is 55.5 Å². The van der Waals surface area contributed by atoms with Crippen LogP contribution in [0.4, 0.5) is 5.69 Å². The van der Waals surface area contributed by atoms with Gasteiger partial charge < -0.3 is 19.3 Å². The Bertz CT molecular complexity index is 808. The summed E-state index contributed by atoms with van der Waals surface area (Å²) in [6.07, 6.45) is 0. The third kappa shape index (κ3) is 4.34. The van der Waals surface area contributed by atoms with Crippen LogP contribution >= 0.6 is 11.6 Å². The highest BCUT2D eigenvalue weighted by Crippen LogP contribution is 2.23. The van der Waals surface area contributed by atoms with Crippen LogP contribution in [-0.2, 0) is 9.59 Å². The lowest BCUT2D eigenvalue weighted by molar-refractivity contribution is -0.142. The van der Waals surface area contributed by atoms with Gasteiger partial charge in [-0.1, -0.05) is 11.6 Å². The molecular formula is C20H21ClN2O4. The van der Waals surface area contributed by atoms with Crippen molar-refractivity contribution >= 4 is 29.1 Å². The van der Waals surface area contributed by atoms with Crippen LogP contribution in [0.2, 0.25) is 5.02 Å². The molecule has 1 aliphatic rings. The fourth-order valence-electron chi connectivity index (χ4n) is 2.99. The molecule has 2 aromatic carbocycles. The molecule has 2 amide bonds. The quantitative estimate of drug-likeness (QED) is 0.790. The van der Waals surface area contributed by atoms with Crippen molar-refractivity contribution in [2.75, 3.05) is 31.7 Å². The topological polar surface area (TPSA) is 59.1 Å². The van der Waals surface area contributed by atoms with Crippen LogP contribution in [0.15, 0.2) is 48.5 Å². The molecule has 1 unspecified atom stereocenters. The highest BCUT2D eigenvalue weighted by molar-refractivity contribution is 6.30. The summed E-state index contributed by atoms with van der Waals surface area (Å²) in [5, 5.41) is 0.600. The number of hydrogen-bond donors (Lipinski definition) is 0. The monoisotopic (exact) mass is 388 g/mol. The molecule has 142 valence electrons. The normalized spacial score (nSPS) is 17.0. The van der Waals surface area contributed by atoms with Crippen molar-refractivity contribution in [3.8, 4) is 11.5 Å². The molecule has 0 bridgehead atoms. The number of nitrogens with zero attached hydrogens (tertiary/aromatic N) is 2. The second-order valence-corrected chi connectivity index (χ2v) is 6.63. The average molecular weight is 389 g/mol. The Morgan fingerprint density at radius 2 is 1.70 bits per heavy atom. The SMILES string of the molecule is COc1ccc(N2CCN(C(=O)COc3ccc(Cl)cc3)C(C)C2=O)cc1. The maximum absolute atomic E-state index is 12.8. The van der Waals surface area contributed by atoms with Crippen molar-refractivity contribution in [3.05, 3.63) is 53.6 Å². The largest absolute Gasteiger partial charge is 0.497 e. The van der Waals surface area contributed by atoms with Crippen molar-refractivity contribution in [2.45, 2.75) is 13.0 Å². The molecule has 2 aromatic rings. The molecule has 0 radical (unpaired) electrons. The number of rotatable bonds is 5. The van der Waals surface area contributed by atoms with Crippen molar-refractivity contribution in [3.63, 3.8) is 0 Å². The lowest BCUT2D eigenvalue weighted by Gasteiger charge is -2.39. The molecule has 1 fully saturated rings. The third-order valence-electron chi connectivity index (χ3n) is 4.54. The molecule has 0 spiro atoms. The zero-order valence-corrected chi connectivity index (χ0v) is 16.0. The van der Waals surface area contributed by atoms with Crippen LogP contribution < -0.4 is 14.4 Å². The van der Waals surface area contributed by atoms with Gasteiger partial charge in [-0.3, -0.25) is 9.59 Å². The number of methoxy groups -OCH3 is 1. The number of ether oxygens (including phenoxy) is 2. The first-order chi connectivity index (χ1) is 13.0. The Kier molecular flexibility index (Phi) is 5.86. The fourth-order valence-corrected chi connectivity index (χ4v) is 3.11. The van der Waals surface area contributed by atoms with Crippen molar-refractivity contribution in [2.24, 2.45) is 0 Å². The summed E-state index contributed by atoms with van der Waals surface area (Å²) in [6, 6.07) is 13.5. The van der Waals surface area contributed by atoms with Crippen LogP contribution in [0.25, 0.3) is 0 Å². The van der Waals surface area contributed by atoms with E-state index in [4.69, 9.17) is 21.1 Å². The first-order valence-electron chi connectivity index (χ1n) is 8.63. The highest BCUT2D eigenvalue weighted by Gasteiger charge is 2.35. The smallest absolute Gasteiger partial charge is 0.261 e. The molecule has 3 rings (SSSR count). The van der Waals surface area contributed by atoms with Gasteiger partial charge in [-0.25, -0.2) is 0 Å². The first kappa shape index (κ1) is 19.0. The second-order valence-electron chi connectivity index (χ2n) is 6.19. The summed E-state index contributed by atoms with van der Waals surface area (Å²) in [7, 11) is 1.60. The molecule has 1 saturated heterocycles. The summed E-state index contributed by atoms with van der Waals surface area (Å²) in [5.74, 6) is 0.947. The van der Waals surface area contributed by atoms with Gasteiger partial charge in [0.05, 0.1) is 7.11 Å². The molecule has 1 atom stereocenters. The van der Waals surface area contributed by atoms with Gasteiger partial charge in [0.15, 0.2) is 6.61 Å². The molecule has 0 N–H and O–H groups in total. The van der Waals surface area contributed by atoms with Gasteiger partial charge in [0.25, 0.3) is 5.91 Å². The maximum Gasteiger partial charge on any atom is 0.261 e. The number of halogens is 1. The summed E-state index contributed by atoms with van der Waals surface area (Å²) in [5.41, 5.74) is 0.789. The number of carbonyl (C=O) groups is 2. The molecule has 1 heterocycles. The van der Waals surface area contributed by atoms with Crippen LogP contribution in [0.1, 0.15) is 6.92 Å². The minimum atomic E-state index is -0.554. The van der Waals surface area contributed by atoms with Crippen molar-refractivity contribution < 1.29 is 19.1 Å². The number of hydrogen-bond acceptors (Lipinski definition) is 4. The second kappa shape index (κ2) is 8.31. The summed E-state index contributed by atoms with van der Waals surface area (Å²) < 4.78 is 10.7. The molecule has 27 heavy (non-hydrogen) atoms. The van der Waals surface area contributed by atoms with E-state index in [9.17, 15) is 9.59 Å². The summed E-state index contributed by atoms with van der Waals surface area (Å²) in [4.78, 5) is 28.5. The lowest BCUT2D eigenvalue weighted by Crippen LogP contribution is -2.58. The molecule has 7 heteroatoms. The predicted molar refractivity (Wildman–Crippen MR) is 103 cm³/mol. The zero-order valence-electron chi connectivity index (χ0n) is 15.2. The Morgan fingerprint density at radius 1 is 1.07 bits per heavy atom. The van der Waals surface area contributed by atoms with Gasteiger partial charge >= 0.3 is 0 Å². The van der Waals surface area contributed by atoms with Gasteiger partial charge in [0, 0.05) is 23.8 Å². The van der Waals surface area contributed by atoms with E-state index >= 15 is 0 Å². The average Bonchev–Trinajstić information content (AvgIpc) is 2.69. The molecule has 6 nitrogen and oxygen atoms in total. The summed E-state index contributed by atoms with van der Waals surface area (Å²) in [6.45, 7) is 2.49. The van der Waals surface area contributed by atoms with E-state index in [0.717, 1.165) is 11.4 Å². The Balaban J connectivity index is 1.61. The van der Waals surface area contributed by atoms with E-state index in [1.807, 2.05) is 24.3 Å². The van der Waals surface area contributed by atoms with Crippen LogP contribution in [-0.4, -0.2) is 49.6 Å². The van der Waals surface area contributed by atoms with E-state index in [1.165, 1.54) is 0 Å². The standard InChI is InChI=1S/C20H21ClN2O4/c1-14-20(25)23(16-5-9-17(26-2)10-6-16)12-11-22(14)19(24)13-27-18-7-3-15(21)4-8-18/h3-10,14H,11-13H2,1-2H3. The van der Waals surface area contributed by atoms with Crippen LogP contribution in [0, 0.1) is 0 Å². The molecule has 0 saturated carbocycles. The minimum absolute atomic E-state index is 0.119. The van der Waals surface area contributed by atoms with E-state index in [1.54, 1.807) is 48.1 Å². The van der Waals surface area contributed by atoms with Gasteiger partial charge in [0.1, 0.15) is 17.5 Å². The molecule has 1 aliphatic heterocycles. The lowest BCUT2D eigenvalue weighted by atomic mass is 10.1. The van der Waals surface area contributed by atoms with E-state index < -0.39 is 6.04 Å². The van der Waals surface area contributed by atoms with Crippen molar-refractivity contribution in [1.29, 1.82) is 0 Å². The number of amides is 2. The first-order valence-corrected chi connectivity index (χ1v) is 9.00. The third-order valence-corrected chi connectivity index (χ3v) is 4.79. The number of benzene rings is 2. The van der Waals surface area contributed by atoms with E-state index in [0.29, 0.717) is 23.9 Å². The Labute approximate surface area is 163 Å². The molecule has 0 aliphatic carbocycles. The van der Waals surface area contributed by atoms with Gasteiger partial charge in [-0.15, -0.1) is 0 Å². The zero-order chi connectivity index (χ0) is 19.4. The Hall–Kier alpha value is -2.73. The predicted octanol–water partition coefficient (Wildman–Crippen LogP) is 2.99. The van der Waals surface area contributed by atoms with Crippen LogP contribution in [0.5, 0.6) is 11.5 Å². The number of piperazine rings is 1. The van der Waals surface area contributed by atoms with E-state index in [-0.39, 0.29) is 18.4 Å². The van der Waals surface area contributed by atoms with Gasteiger partial charge in [-0.2, -0.15) is 0 Å². The minimum Gasteiger partial charge on any atom is -0.497 e. The van der Waals surface area contributed by atoms with E-state index in [2.05, 4.69) is 0 Å². The van der Waals surface area contributed by atoms with Crippen molar-refractivity contribution in [1.82, 2.24) is 4.90 Å². The fraction of sp³-hybridized carbons (Fsp3) is 0.300. The summed E-state index contributed by atoms with van der Waals surface area (Å²) >= 11 is 5.83. The number of carbonyl (C=O) groups excluding carboxylic acids is 2. The van der Waals surface area contributed by atoms with Crippen LogP contribution in [0.3, 0.4) is 0 Å². The molecule has 0 aromatic heterocycles. The Morgan fingerprint density at radius 3 is 2.33 bits per heavy atom. The maximum atomic E-state index is 12.8.